The van der Waals surface area contributed by atoms with Gasteiger partial charge in [-0.15, -0.1) is 10.2 Å². The number of nitrogens with two attached hydrogens (primary N) is 1. The molecule has 2 atom stereocenters. The zero-order valence-corrected chi connectivity index (χ0v) is 12.5. The van der Waals surface area contributed by atoms with E-state index in [1.165, 1.54) is 12.8 Å². The van der Waals surface area contributed by atoms with Crippen molar-refractivity contribution in [1.29, 1.82) is 0 Å². The summed E-state index contributed by atoms with van der Waals surface area (Å²) in [5, 5.41) is 17.1. The molecule has 2 fully saturated rings. The number of hydrogen-bond donors (Lipinski definition) is 2. The number of aliphatic carboxylic acids is 1. The van der Waals surface area contributed by atoms with Crippen molar-refractivity contribution in [3.05, 3.63) is 0 Å². The quantitative estimate of drug-likeness (QED) is 0.726. The monoisotopic (exact) mass is 313 g/mol. The fraction of sp³-hybridized carbons (Fsp3) is 0.750. The van der Waals surface area contributed by atoms with Gasteiger partial charge >= 0.3 is 5.97 Å². The molecule has 116 valence electrons. The smallest absolute Gasteiger partial charge is 0.313 e. The summed E-state index contributed by atoms with van der Waals surface area (Å²) >= 11 is 1.12. The Labute approximate surface area is 126 Å². The molecule has 3 heterocycles. The number of rotatable bonds is 5. The molecule has 1 aromatic rings. The van der Waals surface area contributed by atoms with Gasteiger partial charge in [0.2, 0.25) is 5.95 Å². The molecule has 9 heteroatoms. The fourth-order valence-corrected chi connectivity index (χ4v) is 3.58. The van der Waals surface area contributed by atoms with Crippen LogP contribution in [0.4, 0.5) is 5.95 Å². The maximum atomic E-state index is 10.7. The molecule has 0 amide bonds. The maximum Gasteiger partial charge on any atom is 0.313 e. The standard InChI is InChI=1S/C12H19N5O3S/c13-11-14-15-12(21-7-10(18)19)17(11)5-9-4-16-3-1-2-8(16)6-20-9/h8-9H,1-7H2,(H2,13,14)(H,18,19). The first-order valence-electron chi connectivity index (χ1n) is 7.02. The molecule has 0 radical (unpaired) electrons. The van der Waals surface area contributed by atoms with Crippen LogP contribution in [0.1, 0.15) is 12.8 Å². The van der Waals surface area contributed by atoms with Crippen LogP contribution in [0.15, 0.2) is 5.16 Å². The summed E-state index contributed by atoms with van der Waals surface area (Å²) in [5.41, 5.74) is 5.83. The van der Waals surface area contributed by atoms with E-state index in [0.717, 1.165) is 31.5 Å². The number of morpholine rings is 1. The Morgan fingerprint density at radius 2 is 2.38 bits per heavy atom. The molecule has 8 nitrogen and oxygen atoms in total. The Morgan fingerprint density at radius 3 is 3.19 bits per heavy atom. The number of anilines is 1. The summed E-state index contributed by atoms with van der Waals surface area (Å²) in [6.07, 6.45) is 2.48. The molecule has 0 bridgehead atoms. The van der Waals surface area contributed by atoms with Crippen molar-refractivity contribution in [2.24, 2.45) is 0 Å². The number of aromatic nitrogens is 3. The molecule has 0 spiro atoms. The second-order valence-electron chi connectivity index (χ2n) is 5.38. The van der Waals surface area contributed by atoms with E-state index < -0.39 is 5.97 Å². The largest absolute Gasteiger partial charge is 0.481 e. The van der Waals surface area contributed by atoms with Gasteiger partial charge in [-0.3, -0.25) is 14.3 Å². The fourth-order valence-electron chi connectivity index (χ4n) is 2.90. The van der Waals surface area contributed by atoms with E-state index in [2.05, 4.69) is 15.1 Å². The molecule has 21 heavy (non-hydrogen) atoms. The predicted octanol–water partition coefficient (Wildman–Crippen LogP) is -0.0998. The van der Waals surface area contributed by atoms with Crippen LogP contribution in [-0.4, -0.2) is 68.3 Å². The highest BCUT2D eigenvalue weighted by Gasteiger charge is 2.32. The Morgan fingerprint density at radius 1 is 1.52 bits per heavy atom. The van der Waals surface area contributed by atoms with Crippen LogP contribution in [0.3, 0.4) is 0 Å². The van der Waals surface area contributed by atoms with Crippen LogP contribution in [0.25, 0.3) is 0 Å². The topological polar surface area (TPSA) is 106 Å². The van der Waals surface area contributed by atoms with Crippen LogP contribution >= 0.6 is 11.8 Å². The molecule has 2 aliphatic rings. The van der Waals surface area contributed by atoms with Crippen LogP contribution in [0.5, 0.6) is 0 Å². The van der Waals surface area contributed by atoms with Crippen LogP contribution in [0.2, 0.25) is 0 Å². The molecule has 0 aliphatic carbocycles. The highest BCUT2D eigenvalue weighted by molar-refractivity contribution is 7.99. The third kappa shape index (κ3) is 3.30. The summed E-state index contributed by atoms with van der Waals surface area (Å²) in [6.45, 7) is 3.32. The SMILES string of the molecule is Nc1nnc(SCC(=O)O)n1CC1CN2CCCC2CO1. The first kappa shape index (κ1) is 14.6. The van der Waals surface area contributed by atoms with Gasteiger partial charge in [-0.1, -0.05) is 11.8 Å². The van der Waals surface area contributed by atoms with Crippen molar-refractivity contribution in [1.82, 2.24) is 19.7 Å². The number of fused-ring (bicyclic) bond motifs is 1. The van der Waals surface area contributed by atoms with Gasteiger partial charge in [0.05, 0.1) is 25.0 Å². The summed E-state index contributed by atoms with van der Waals surface area (Å²) < 4.78 is 7.65. The average molecular weight is 313 g/mol. The Balaban J connectivity index is 1.64. The lowest BCUT2D eigenvalue weighted by molar-refractivity contribution is -0.133. The van der Waals surface area contributed by atoms with E-state index in [1.54, 1.807) is 4.57 Å². The summed E-state index contributed by atoms with van der Waals surface area (Å²) in [7, 11) is 0. The van der Waals surface area contributed by atoms with E-state index >= 15 is 0 Å². The van der Waals surface area contributed by atoms with E-state index in [0.29, 0.717) is 23.7 Å². The first-order valence-corrected chi connectivity index (χ1v) is 8.01. The van der Waals surface area contributed by atoms with Gasteiger partial charge in [0, 0.05) is 12.6 Å². The van der Waals surface area contributed by atoms with Gasteiger partial charge in [0.1, 0.15) is 0 Å². The number of thioether (sulfide) groups is 1. The predicted molar refractivity (Wildman–Crippen MR) is 77.1 cm³/mol. The van der Waals surface area contributed by atoms with Gasteiger partial charge in [-0.05, 0) is 19.4 Å². The number of carboxylic acid groups (broad SMARTS) is 1. The molecule has 3 rings (SSSR count). The highest BCUT2D eigenvalue weighted by atomic mass is 32.2. The molecule has 2 saturated heterocycles. The second kappa shape index (κ2) is 6.20. The number of carboxylic acids is 1. The summed E-state index contributed by atoms with van der Waals surface area (Å²) in [6, 6.07) is 0.556. The van der Waals surface area contributed by atoms with Crippen molar-refractivity contribution >= 4 is 23.7 Å². The van der Waals surface area contributed by atoms with Crippen molar-refractivity contribution in [3.63, 3.8) is 0 Å². The van der Waals surface area contributed by atoms with Crippen molar-refractivity contribution in [2.45, 2.75) is 36.7 Å². The zero-order valence-electron chi connectivity index (χ0n) is 11.6. The van der Waals surface area contributed by atoms with Crippen LogP contribution in [-0.2, 0) is 16.1 Å². The van der Waals surface area contributed by atoms with E-state index in [1.807, 2.05) is 0 Å². The normalized spacial score (nSPS) is 25.9. The van der Waals surface area contributed by atoms with Crippen LogP contribution in [0, 0.1) is 0 Å². The highest BCUT2D eigenvalue weighted by Crippen LogP contribution is 2.25. The van der Waals surface area contributed by atoms with Gasteiger partial charge in [-0.25, -0.2) is 0 Å². The Kier molecular flexibility index (Phi) is 4.32. The number of hydrogen-bond acceptors (Lipinski definition) is 7. The third-order valence-electron chi connectivity index (χ3n) is 3.92. The van der Waals surface area contributed by atoms with Gasteiger partial charge < -0.3 is 15.6 Å². The first-order chi connectivity index (χ1) is 10.1. The number of carbonyl (C=O) groups is 1. The van der Waals surface area contributed by atoms with E-state index in [4.69, 9.17) is 15.6 Å². The van der Waals surface area contributed by atoms with Crippen molar-refractivity contribution < 1.29 is 14.6 Å². The van der Waals surface area contributed by atoms with Gasteiger partial charge in [0.25, 0.3) is 0 Å². The number of nitrogens with zero attached hydrogens (tertiary/aromatic N) is 4. The summed E-state index contributed by atoms with van der Waals surface area (Å²) in [4.78, 5) is 13.1. The Hall–Kier alpha value is -1.32. The van der Waals surface area contributed by atoms with Gasteiger partial charge in [-0.2, -0.15) is 0 Å². The van der Waals surface area contributed by atoms with E-state index in [-0.39, 0.29) is 11.9 Å². The number of ether oxygens (including phenoxy) is 1. The molecule has 1 aromatic heterocycles. The molecule has 3 N–H and O–H groups in total. The molecular formula is C12H19N5O3S. The Bertz CT molecular complexity index is 523. The molecule has 0 saturated carbocycles. The lowest BCUT2D eigenvalue weighted by atomic mass is 10.2. The minimum Gasteiger partial charge on any atom is -0.481 e. The summed E-state index contributed by atoms with van der Waals surface area (Å²) in [5.74, 6) is -0.644. The number of nitrogen functional groups attached to an aromatic ring is 1. The zero-order chi connectivity index (χ0) is 14.8. The van der Waals surface area contributed by atoms with Crippen LogP contribution < -0.4 is 5.73 Å². The average Bonchev–Trinajstić information content (AvgIpc) is 3.04. The second-order valence-corrected chi connectivity index (χ2v) is 6.32. The molecule has 2 unspecified atom stereocenters. The van der Waals surface area contributed by atoms with Crippen molar-refractivity contribution in [3.8, 4) is 0 Å². The lowest BCUT2D eigenvalue weighted by Crippen LogP contribution is -2.47. The van der Waals surface area contributed by atoms with E-state index in [9.17, 15) is 4.79 Å². The molecule has 2 aliphatic heterocycles. The lowest BCUT2D eigenvalue weighted by Gasteiger charge is -2.35. The maximum absolute atomic E-state index is 10.7. The third-order valence-corrected chi connectivity index (χ3v) is 4.87. The van der Waals surface area contributed by atoms with Crippen molar-refractivity contribution in [2.75, 3.05) is 31.2 Å². The minimum atomic E-state index is -0.887. The minimum absolute atomic E-state index is 0.0434. The molecule has 0 aromatic carbocycles. The molecular weight excluding hydrogens is 294 g/mol. The van der Waals surface area contributed by atoms with Gasteiger partial charge in [0.15, 0.2) is 5.16 Å².